The van der Waals surface area contributed by atoms with Crippen LogP contribution in [0, 0.1) is 17.3 Å². The third kappa shape index (κ3) is 6.02. The summed E-state index contributed by atoms with van der Waals surface area (Å²) < 4.78 is 46.1. The third-order valence-electron chi connectivity index (χ3n) is 9.12. The van der Waals surface area contributed by atoms with E-state index in [1.54, 1.807) is 0 Å². The van der Waals surface area contributed by atoms with Crippen molar-refractivity contribution in [3.63, 3.8) is 0 Å². The van der Waals surface area contributed by atoms with Crippen molar-refractivity contribution in [2.24, 2.45) is 17.3 Å². The molecule has 0 aromatic carbocycles. The molecular formula is C31H40O15. The van der Waals surface area contributed by atoms with E-state index in [-0.39, 0.29) is 13.2 Å². The zero-order chi connectivity index (χ0) is 34.4. The molecule has 3 fully saturated rings. The van der Waals surface area contributed by atoms with E-state index in [2.05, 4.69) is 0 Å². The van der Waals surface area contributed by atoms with E-state index in [9.17, 15) is 33.9 Å². The first kappa shape index (κ1) is 35.0. The Morgan fingerprint density at radius 1 is 0.870 bits per heavy atom. The van der Waals surface area contributed by atoms with E-state index >= 15 is 0 Å². The van der Waals surface area contributed by atoms with Crippen molar-refractivity contribution in [3.8, 4) is 0 Å². The van der Waals surface area contributed by atoms with Crippen LogP contribution in [0.4, 0.5) is 0 Å². The minimum absolute atomic E-state index is 0.0504. The lowest BCUT2D eigenvalue weighted by molar-refractivity contribution is -0.279. The highest BCUT2D eigenvalue weighted by atomic mass is 16.7. The van der Waals surface area contributed by atoms with E-state index in [1.165, 1.54) is 39.2 Å². The van der Waals surface area contributed by atoms with Gasteiger partial charge in [0.2, 0.25) is 0 Å². The number of hydrogen-bond donors (Lipinski definition) is 1. The van der Waals surface area contributed by atoms with Gasteiger partial charge in [-0.15, -0.1) is 0 Å². The lowest BCUT2D eigenvalue weighted by Gasteiger charge is -2.59. The van der Waals surface area contributed by atoms with Crippen molar-refractivity contribution in [1.29, 1.82) is 0 Å². The number of methoxy groups -OCH3 is 1. The topological polar surface area (TPSA) is 200 Å². The van der Waals surface area contributed by atoms with Crippen LogP contribution in [0.1, 0.15) is 48.5 Å². The van der Waals surface area contributed by atoms with Crippen LogP contribution in [-0.2, 0) is 66.7 Å². The van der Waals surface area contributed by atoms with Gasteiger partial charge < -0.3 is 43.0 Å². The molecule has 2 heterocycles. The maximum Gasteiger partial charge on any atom is 0.312 e. The number of rotatable bonds is 7. The van der Waals surface area contributed by atoms with Crippen LogP contribution in [-0.4, -0.2) is 109 Å². The molecule has 0 bridgehead atoms. The Bertz CT molecular complexity index is 1350. The van der Waals surface area contributed by atoms with Gasteiger partial charge in [0, 0.05) is 47.6 Å². The van der Waals surface area contributed by atoms with E-state index in [4.69, 9.17) is 37.9 Å². The molecule has 0 radical (unpaired) electrons. The van der Waals surface area contributed by atoms with Gasteiger partial charge in [-0.3, -0.25) is 28.8 Å². The Labute approximate surface area is 265 Å². The van der Waals surface area contributed by atoms with Crippen molar-refractivity contribution >= 4 is 35.8 Å². The van der Waals surface area contributed by atoms with Crippen molar-refractivity contribution in [3.05, 3.63) is 23.8 Å². The highest BCUT2D eigenvalue weighted by Gasteiger charge is 2.81. The fourth-order valence-corrected chi connectivity index (χ4v) is 7.27. The molecule has 2 aliphatic heterocycles. The average molecular weight is 653 g/mol. The maximum absolute atomic E-state index is 13.2. The highest BCUT2D eigenvalue weighted by Crippen LogP contribution is 2.63. The van der Waals surface area contributed by atoms with Crippen molar-refractivity contribution in [1.82, 2.24) is 0 Å². The highest BCUT2D eigenvalue weighted by molar-refractivity contribution is 5.78. The van der Waals surface area contributed by atoms with Crippen LogP contribution in [0.5, 0.6) is 0 Å². The molecule has 0 unspecified atom stereocenters. The van der Waals surface area contributed by atoms with Gasteiger partial charge in [0.05, 0.1) is 24.5 Å². The molecule has 0 amide bonds. The van der Waals surface area contributed by atoms with Crippen LogP contribution in [0.25, 0.3) is 0 Å². The predicted molar refractivity (Wildman–Crippen MR) is 151 cm³/mol. The molecule has 46 heavy (non-hydrogen) atoms. The molecule has 15 nitrogen and oxygen atoms in total. The molecule has 1 N–H and O–H groups in total. The van der Waals surface area contributed by atoms with Gasteiger partial charge >= 0.3 is 35.8 Å². The molecule has 1 spiro atoms. The molecule has 254 valence electrons. The monoisotopic (exact) mass is 652 g/mol. The quantitative estimate of drug-likeness (QED) is 0.226. The molecule has 4 aliphatic rings. The predicted octanol–water partition coefficient (Wildman–Crippen LogP) is 0.485. The Morgan fingerprint density at radius 2 is 1.39 bits per heavy atom. The smallest absolute Gasteiger partial charge is 0.312 e. The first-order chi connectivity index (χ1) is 21.4. The van der Waals surface area contributed by atoms with E-state index < -0.39 is 101 Å². The van der Waals surface area contributed by atoms with Crippen LogP contribution in [0.15, 0.2) is 23.8 Å². The summed E-state index contributed by atoms with van der Waals surface area (Å²) in [6.07, 6.45) is -4.71. The molecule has 0 aromatic rings. The summed E-state index contributed by atoms with van der Waals surface area (Å²) in [5, 5.41) is 12.7. The maximum atomic E-state index is 13.2. The number of carbonyl (C=O) groups excluding carboxylic acids is 6. The minimum Gasteiger partial charge on any atom is -0.459 e. The molecule has 15 heteroatoms. The second-order valence-corrected chi connectivity index (χ2v) is 12.3. The van der Waals surface area contributed by atoms with Gasteiger partial charge in [-0.25, -0.2) is 0 Å². The standard InChI is InChI=1S/C31H40O15/c1-14-28(37)46-22-11-20(12-39-8)9-10-21(41-15(2)32)29(7)24(27(31(14,22)38)45-19(6)36)30(13-40-30)26(44-18(5)35)23(42-16(3)33)25(29)43-17(4)34/h9-11,14,21-27,38H,12-13H2,1-8H3/t14-,21-,22-,23+,24+,25-,26+,27-,29+,30-,31-/m0/s1. The molecule has 2 aliphatic carbocycles. The second kappa shape index (κ2) is 12.8. The average Bonchev–Trinajstić information content (AvgIpc) is 3.69. The Morgan fingerprint density at radius 3 is 1.89 bits per heavy atom. The number of fused-ring (bicyclic) bond motifs is 3. The second-order valence-electron chi connectivity index (χ2n) is 12.3. The van der Waals surface area contributed by atoms with E-state index in [0.717, 1.165) is 34.6 Å². The number of epoxide rings is 1. The largest absolute Gasteiger partial charge is 0.459 e. The number of carbonyl (C=O) groups is 6. The summed E-state index contributed by atoms with van der Waals surface area (Å²) in [5.74, 6) is -7.67. The fraction of sp³-hybridized carbons (Fsp3) is 0.677. The molecule has 11 atom stereocenters. The van der Waals surface area contributed by atoms with Crippen LogP contribution < -0.4 is 0 Å². The third-order valence-corrected chi connectivity index (χ3v) is 9.12. The van der Waals surface area contributed by atoms with Crippen molar-refractivity contribution in [2.45, 2.75) is 96.3 Å². The van der Waals surface area contributed by atoms with Gasteiger partial charge in [-0.05, 0) is 24.6 Å². The summed E-state index contributed by atoms with van der Waals surface area (Å²) in [6.45, 7) is 8.20. The zero-order valence-electron chi connectivity index (χ0n) is 26.9. The number of aliphatic hydroxyl groups is 1. The molecule has 2 saturated heterocycles. The summed E-state index contributed by atoms with van der Waals surface area (Å²) >= 11 is 0. The van der Waals surface area contributed by atoms with Crippen molar-refractivity contribution < 1.29 is 71.8 Å². The van der Waals surface area contributed by atoms with Crippen LogP contribution >= 0.6 is 0 Å². The number of ether oxygens (including phenoxy) is 8. The molecule has 0 aromatic heterocycles. The summed E-state index contributed by atoms with van der Waals surface area (Å²) in [4.78, 5) is 76.5. The number of esters is 6. The first-order valence-electron chi connectivity index (χ1n) is 14.7. The molecule has 1 saturated carbocycles. The fourth-order valence-electron chi connectivity index (χ4n) is 7.27. The van der Waals surface area contributed by atoms with Gasteiger partial charge in [0.1, 0.15) is 17.8 Å². The van der Waals surface area contributed by atoms with Crippen LogP contribution in [0.3, 0.4) is 0 Å². The first-order valence-corrected chi connectivity index (χ1v) is 14.7. The van der Waals surface area contributed by atoms with E-state index in [0.29, 0.717) is 5.57 Å². The lowest BCUT2D eigenvalue weighted by Crippen LogP contribution is -2.76. The molecular weight excluding hydrogens is 612 g/mol. The Hall–Kier alpha value is -3.82. The van der Waals surface area contributed by atoms with Gasteiger partial charge in [-0.2, -0.15) is 0 Å². The normalized spacial score (nSPS) is 39.5. The Balaban J connectivity index is 2.17. The van der Waals surface area contributed by atoms with E-state index in [1.807, 2.05) is 0 Å². The Kier molecular flexibility index (Phi) is 9.72. The lowest BCUT2D eigenvalue weighted by atomic mass is 9.51. The van der Waals surface area contributed by atoms with Gasteiger partial charge in [0.25, 0.3) is 0 Å². The summed E-state index contributed by atoms with van der Waals surface area (Å²) in [5.41, 5.74) is -5.45. The minimum atomic E-state index is -2.33. The summed E-state index contributed by atoms with van der Waals surface area (Å²) in [7, 11) is 1.41. The number of hydrogen-bond acceptors (Lipinski definition) is 15. The summed E-state index contributed by atoms with van der Waals surface area (Å²) in [6, 6.07) is 0. The zero-order valence-corrected chi connectivity index (χ0v) is 26.9. The van der Waals surface area contributed by atoms with Crippen molar-refractivity contribution in [2.75, 3.05) is 20.3 Å². The van der Waals surface area contributed by atoms with Gasteiger partial charge in [0.15, 0.2) is 30.0 Å². The van der Waals surface area contributed by atoms with Crippen LogP contribution in [0.2, 0.25) is 0 Å². The molecule has 4 rings (SSSR count). The SMILES string of the molecule is COCC1=C[C@@H]2OC(=O)[C@H](C)[C@@]2(O)[C@@H](OC(C)=O)[C@H]2[C@@]3(CO3)[C@H](OC(C)=O)[C@H](OC(C)=O)[C@H](OC(C)=O)[C@]2(C)[C@@H](OC(C)=O)C=C1. The van der Waals surface area contributed by atoms with Gasteiger partial charge in [-0.1, -0.05) is 13.0 Å².